The van der Waals surface area contributed by atoms with Crippen molar-refractivity contribution in [2.24, 2.45) is 0 Å². The van der Waals surface area contributed by atoms with Crippen LogP contribution in [0.3, 0.4) is 0 Å². The second-order valence-corrected chi connectivity index (χ2v) is 5.92. The molecule has 0 aliphatic rings. The first kappa shape index (κ1) is 18.6. The van der Waals surface area contributed by atoms with Crippen molar-refractivity contribution in [3.05, 3.63) is 53.5 Å². The van der Waals surface area contributed by atoms with E-state index in [1.165, 1.54) is 33.5 Å². The SMILES string of the molecule is COc1cc(C(=O)NCCc2c[nH]c3ccc(F)cc23)cc(OC)c1OC. The number of benzene rings is 2. The lowest BCUT2D eigenvalue weighted by Gasteiger charge is -2.14. The van der Waals surface area contributed by atoms with Crippen molar-refractivity contribution < 1.29 is 23.4 Å². The van der Waals surface area contributed by atoms with E-state index in [0.29, 0.717) is 35.8 Å². The highest BCUT2D eigenvalue weighted by Crippen LogP contribution is 2.38. The lowest BCUT2D eigenvalue weighted by atomic mass is 10.1. The van der Waals surface area contributed by atoms with Crippen LogP contribution in [0, 0.1) is 5.82 Å². The monoisotopic (exact) mass is 372 g/mol. The lowest BCUT2D eigenvalue weighted by molar-refractivity contribution is 0.0953. The van der Waals surface area contributed by atoms with Gasteiger partial charge >= 0.3 is 0 Å². The van der Waals surface area contributed by atoms with Gasteiger partial charge < -0.3 is 24.5 Å². The number of aromatic amines is 1. The Kier molecular flexibility index (Phi) is 5.49. The van der Waals surface area contributed by atoms with E-state index in [4.69, 9.17) is 14.2 Å². The fourth-order valence-electron chi connectivity index (χ4n) is 2.98. The van der Waals surface area contributed by atoms with Gasteiger partial charge in [-0.2, -0.15) is 0 Å². The number of carbonyl (C=O) groups excluding carboxylic acids is 1. The summed E-state index contributed by atoms with van der Waals surface area (Å²) in [4.78, 5) is 15.6. The molecule has 3 rings (SSSR count). The fraction of sp³-hybridized carbons (Fsp3) is 0.250. The molecule has 0 saturated carbocycles. The summed E-state index contributed by atoms with van der Waals surface area (Å²) in [6.45, 7) is 0.402. The van der Waals surface area contributed by atoms with Gasteiger partial charge in [0.05, 0.1) is 21.3 Å². The predicted octanol–water partition coefficient (Wildman–Crippen LogP) is 3.31. The molecule has 1 amide bonds. The van der Waals surface area contributed by atoms with E-state index in [2.05, 4.69) is 10.3 Å². The first-order valence-corrected chi connectivity index (χ1v) is 8.41. The van der Waals surface area contributed by atoms with Crippen molar-refractivity contribution in [3.8, 4) is 17.2 Å². The fourth-order valence-corrected chi connectivity index (χ4v) is 2.98. The Morgan fingerprint density at radius 3 is 2.41 bits per heavy atom. The molecule has 0 bridgehead atoms. The van der Waals surface area contributed by atoms with Crippen molar-refractivity contribution in [2.75, 3.05) is 27.9 Å². The number of carbonyl (C=O) groups is 1. The van der Waals surface area contributed by atoms with Gasteiger partial charge in [-0.15, -0.1) is 0 Å². The molecule has 2 N–H and O–H groups in total. The predicted molar refractivity (Wildman–Crippen MR) is 100 cm³/mol. The Hall–Kier alpha value is -3.22. The third-order valence-electron chi connectivity index (χ3n) is 4.34. The van der Waals surface area contributed by atoms with Crippen LogP contribution >= 0.6 is 0 Å². The molecule has 0 fully saturated rings. The second kappa shape index (κ2) is 7.99. The average Bonchev–Trinajstić information content (AvgIpc) is 3.08. The summed E-state index contributed by atoms with van der Waals surface area (Å²) in [7, 11) is 4.49. The standard InChI is InChI=1S/C20H21FN2O4/c1-25-17-8-13(9-18(26-2)19(17)27-3)20(24)22-7-6-12-11-23-16-5-4-14(21)10-15(12)16/h4-5,8-11,23H,6-7H2,1-3H3,(H,22,24). The number of hydrogen-bond acceptors (Lipinski definition) is 4. The smallest absolute Gasteiger partial charge is 0.251 e. The summed E-state index contributed by atoms with van der Waals surface area (Å²) in [6.07, 6.45) is 2.40. The van der Waals surface area contributed by atoms with Crippen LogP contribution in [0.15, 0.2) is 36.5 Å². The maximum Gasteiger partial charge on any atom is 0.251 e. The van der Waals surface area contributed by atoms with Gasteiger partial charge in [-0.1, -0.05) is 0 Å². The molecule has 0 saturated heterocycles. The van der Waals surface area contributed by atoms with Crippen LogP contribution in [0.2, 0.25) is 0 Å². The minimum Gasteiger partial charge on any atom is -0.493 e. The number of methoxy groups -OCH3 is 3. The Morgan fingerprint density at radius 2 is 1.78 bits per heavy atom. The van der Waals surface area contributed by atoms with Gasteiger partial charge in [0.2, 0.25) is 5.75 Å². The summed E-state index contributed by atoms with van der Waals surface area (Å²) in [5.41, 5.74) is 2.20. The van der Waals surface area contributed by atoms with E-state index in [1.54, 1.807) is 18.2 Å². The Morgan fingerprint density at radius 1 is 1.07 bits per heavy atom. The van der Waals surface area contributed by atoms with Crippen LogP contribution in [0.25, 0.3) is 10.9 Å². The van der Waals surface area contributed by atoms with Gasteiger partial charge in [0.25, 0.3) is 5.91 Å². The zero-order chi connectivity index (χ0) is 19.4. The van der Waals surface area contributed by atoms with E-state index in [1.807, 2.05) is 6.20 Å². The maximum absolute atomic E-state index is 13.5. The van der Waals surface area contributed by atoms with Gasteiger partial charge in [-0.3, -0.25) is 4.79 Å². The molecule has 0 aliphatic carbocycles. The summed E-state index contributed by atoms with van der Waals surface area (Å²) in [5, 5.41) is 3.67. The number of rotatable bonds is 7. The number of amides is 1. The van der Waals surface area contributed by atoms with E-state index in [9.17, 15) is 9.18 Å². The van der Waals surface area contributed by atoms with Crippen LogP contribution in [-0.4, -0.2) is 38.8 Å². The molecule has 142 valence electrons. The minimum absolute atomic E-state index is 0.264. The van der Waals surface area contributed by atoms with E-state index in [-0.39, 0.29) is 11.7 Å². The number of aromatic nitrogens is 1. The highest BCUT2D eigenvalue weighted by Gasteiger charge is 2.17. The largest absolute Gasteiger partial charge is 0.493 e. The average molecular weight is 372 g/mol. The number of ether oxygens (including phenoxy) is 3. The number of H-pyrrole nitrogens is 1. The number of hydrogen-bond donors (Lipinski definition) is 2. The molecule has 1 heterocycles. The number of fused-ring (bicyclic) bond motifs is 1. The van der Waals surface area contributed by atoms with E-state index < -0.39 is 0 Å². The Bertz CT molecular complexity index is 943. The maximum atomic E-state index is 13.5. The highest BCUT2D eigenvalue weighted by molar-refractivity contribution is 5.95. The van der Waals surface area contributed by atoms with E-state index >= 15 is 0 Å². The molecular formula is C20H21FN2O4. The zero-order valence-corrected chi connectivity index (χ0v) is 15.4. The molecule has 6 nitrogen and oxygen atoms in total. The summed E-state index contributed by atoms with van der Waals surface area (Å²) in [6, 6.07) is 7.79. The molecule has 0 spiro atoms. The van der Waals surface area contributed by atoms with Gasteiger partial charge in [0.15, 0.2) is 11.5 Å². The van der Waals surface area contributed by atoms with Crippen molar-refractivity contribution in [1.82, 2.24) is 10.3 Å². The van der Waals surface area contributed by atoms with Crippen LogP contribution in [-0.2, 0) is 6.42 Å². The van der Waals surface area contributed by atoms with Crippen LogP contribution in [0.5, 0.6) is 17.2 Å². The van der Waals surface area contributed by atoms with Crippen molar-refractivity contribution in [1.29, 1.82) is 0 Å². The van der Waals surface area contributed by atoms with Crippen LogP contribution in [0.1, 0.15) is 15.9 Å². The van der Waals surface area contributed by atoms with Gasteiger partial charge in [-0.05, 0) is 42.3 Å². The molecule has 27 heavy (non-hydrogen) atoms. The van der Waals surface area contributed by atoms with Crippen molar-refractivity contribution in [2.45, 2.75) is 6.42 Å². The molecular weight excluding hydrogens is 351 g/mol. The van der Waals surface area contributed by atoms with Crippen molar-refractivity contribution in [3.63, 3.8) is 0 Å². The van der Waals surface area contributed by atoms with Crippen LogP contribution in [0.4, 0.5) is 4.39 Å². The molecule has 0 radical (unpaired) electrons. The molecule has 3 aromatic rings. The number of halogens is 1. The molecule has 2 aromatic carbocycles. The lowest BCUT2D eigenvalue weighted by Crippen LogP contribution is -2.25. The third-order valence-corrected chi connectivity index (χ3v) is 4.34. The zero-order valence-electron chi connectivity index (χ0n) is 15.4. The van der Waals surface area contributed by atoms with Gasteiger partial charge in [-0.25, -0.2) is 4.39 Å². The van der Waals surface area contributed by atoms with E-state index in [0.717, 1.165) is 16.5 Å². The Balaban J connectivity index is 1.71. The highest BCUT2D eigenvalue weighted by atomic mass is 19.1. The summed E-state index contributed by atoms with van der Waals surface area (Å²) in [5.74, 6) is 0.700. The molecule has 0 atom stereocenters. The quantitative estimate of drug-likeness (QED) is 0.667. The molecule has 7 heteroatoms. The minimum atomic E-state index is -0.287. The number of nitrogens with one attached hydrogen (secondary N) is 2. The van der Waals surface area contributed by atoms with Gasteiger partial charge in [0, 0.05) is 29.2 Å². The van der Waals surface area contributed by atoms with Crippen molar-refractivity contribution >= 4 is 16.8 Å². The normalized spacial score (nSPS) is 10.7. The summed E-state index contributed by atoms with van der Waals surface area (Å²) >= 11 is 0. The topological polar surface area (TPSA) is 72.6 Å². The van der Waals surface area contributed by atoms with Crippen LogP contribution < -0.4 is 19.5 Å². The first-order chi connectivity index (χ1) is 13.1. The third kappa shape index (κ3) is 3.81. The Labute approximate surface area is 156 Å². The van der Waals surface area contributed by atoms with Gasteiger partial charge in [0.1, 0.15) is 5.82 Å². The molecule has 0 unspecified atom stereocenters. The summed E-state index contributed by atoms with van der Waals surface area (Å²) < 4.78 is 29.2. The second-order valence-electron chi connectivity index (χ2n) is 5.92. The molecule has 0 aliphatic heterocycles. The molecule has 1 aromatic heterocycles. The first-order valence-electron chi connectivity index (χ1n) is 8.41.